The highest BCUT2D eigenvalue weighted by molar-refractivity contribution is 6.33. The molecule has 0 bridgehead atoms. The van der Waals surface area contributed by atoms with E-state index in [1.54, 1.807) is 12.1 Å². The molecule has 2 unspecified atom stereocenters. The zero-order valence-electron chi connectivity index (χ0n) is 11.8. The molecule has 2 aromatic rings. The number of carbonyl (C=O) groups is 1. The number of nitrogens with one attached hydrogen (secondary N) is 1. The Balaban J connectivity index is 2.10. The molecule has 2 N–H and O–H groups in total. The van der Waals surface area contributed by atoms with Gasteiger partial charge in [-0.3, -0.25) is 0 Å². The third kappa shape index (κ3) is 4.23. The van der Waals surface area contributed by atoms with Crippen molar-refractivity contribution in [3.8, 4) is 0 Å². The van der Waals surface area contributed by atoms with Gasteiger partial charge in [0, 0.05) is 0 Å². The van der Waals surface area contributed by atoms with Gasteiger partial charge in [-0.05, 0) is 30.0 Å². The Hall–Kier alpha value is -2.00. The first kappa shape index (κ1) is 15.4. The Morgan fingerprint density at radius 1 is 1.14 bits per heavy atom. The smallest absolute Gasteiger partial charge is 0.326 e. The average Bonchev–Trinajstić information content (AvgIpc) is 2.49. The Bertz CT molecular complexity index is 601. The maximum absolute atomic E-state index is 11.5. The molecule has 21 heavy (non-hydrogen) atoms. The third-order valence-electron chi connectivity index (χ3n) is 3.46. The maximum atomic E-state index is 11.5. The summed E-state index contributed by atoms with van der Waals surface area (Å²) in [6.07, 6.45) is 0.491. The summed E-state index contributed by atoms with van der Waals surface area (Å²) < 4.78 is 0. The molecule has 0 aromatic heterocycles. The molecule has 0 aliphatic heterocycles. The van der Waals surface area contributed by atoms with Crippen LogP contribution in [0.4, 0.5) is 5.69 Å². The molecule has 2 atom stereocenters. The van der Waals surface area contributed by atoms with E-state index < -0.39 is 12.0 Å². The summed E-state index contributed by atoms with van der Waals surface area (Å²) in [5.41, 5.74) is 1.77. The Morgan fingerprint density at radius 2 is 1.76 bits per heavy atom. The molecule has 2 rings (SSSR count). The normalized spacial score (nSPS) is 13.4. The first-order valence-electron chi connectivity index (χ1n) is 6.86. The number of rotatable bonds is 6. The number of anilines is 1. The van der Waals surface area contributed by atoms with Crippen LogP contribution in [0.5, 0.6) is 0 Å². The van der Waals surface area contributed by atoms with Crippen molar-refractivity contribution in [3.05, 3.63) is 65.2 Å². The highest BCUT2D eigenvalue weighted by Gasteiger charge is 2.21. The first-order valence-corrected chi connectivity index (χ1v) is 7.24. The predicted molar refractivity (Wildman–Crippen MR) is 86.0 cm³/mol. The van der Waals surface area contributed by atoms with E-state index in [4.69, 9.17) is 11.6 Å². The van der Waals surface area contributed by atoms with E-state index in [1.165, 1.54) is 0 Å². The van der Waals surface area contributed by atoms with Crippen LogP contribution in [-0.2, 0) is 4.79 Å². The third-order valence-corrected chi connectivity index (χ3v) is 3.79. The minimum atomic E-state index is -0.877. The van der Waals surface area contributed by atoms with Crippen LogP contribution in [0.3, 0.4) is 0 Å². The average molecular weight is 304 g/mol. The van der Waals surface area contributed by atoms with Crippen LogP contribution in [0.15, 0.2) is 54.6 Å². The van der Waals surface area contributed by atoms with Crippen molar-refractivity contribution in [1.82, 2.24) is 0 Å². The monoisotopic (exact) mass is 303 g/mol. The number of para-hydroxylation sites is 1. The van der Waals surface area contributed by atoms with Gasteiger partial charge in [0.15, 0.2) is 0 Å². The number of aliphatic carboxylic acids is 1. The molecule has 0 heterocycles. The van der Waals surface area contributed by atoms with Crippen LogP contribution in [0.25, 0.3) is 0 Å². The molecule has 0 aliphatic carbocycles. The molecule has 0 spiro atoms. The molecule has 0 radical (unpaired) electrons. The van der Waals surface area contributed by atoms with E-state index in [0.29, 0.717) is 17.1 Å². The number of carboxylic acids is 1. The zero-order chi connectivity index (χ0) is 15.2. The molecule has 2 aromatic carbocycles. The summed E-state index contributed by atoms with van der Waals surface area (Å²) in [7, 11) is 0. The van der Waals surface area contributed by atoms with Crippen LogP contribution < -0.4 is 5.32 Å². The lowest BCUT2D eigenvalue weighted by molar-refractivity contribution is -0.138. The molecule has 0 saturated heterocycles. The number of halogens is 1. The molecule has 0 fully saturated rings. The summed E-state index contributed by atoms with van der Waals surface area (Å²) in [6, 6.07) is 16.4. The fourth-order valence-electron chi connectivity index (χ4n) is 2.26. The Labute approximate surface area is 129 Å². The summed E-state index contributed by atoms with van der Waals surface area (Å²) in [5, 5.41) is 13.0. The van der Waals surface area contributed by atoms with Crippen LogP contribution in [-0.4, -0.2) is 17.1 Å². The second-order valence-electron chi connectivity index (χ2n) is 5.06. The molecule has 110 valence electrons. The van der Waals surface area contributed by atoms with E-state index >= 15 is 0 Å². The van der Waals surface area contributed by atoms with Crippen molar-refractivity contribution in [3.63, 3.8) is 0 Å². The van der Waals surface area contributed by atoms with Crippen molar-refractivity contribution in [2.24, 2.45) is 0 Å². The maximum Gasteiger partial charge on any atom is 0.326 e. The second-order valence-corrected chi connectivity index (χ2v) is 5.47. The van der Waals surface area contributed by atoms with Crippen molar-refractivity contribution < 1.29 is 9.90 Å². The van der Waals surface area contributed by atoms with Gasteiger partial charge in [-0.25, -0.2) is 4.79 Å². The van der Waals surface area contributed by atoms with Gasteiger partial charge in [-0.15, -0.1) is 0 Å². The molecule has 0 aliphatic rings. The summed E-state index contributed by atoms with van der Waals surface area (Å²) in [4.78, 5) is 11.5. The second kappa shape index (κ2) is 7.14. The van der Waals surface area contributed by atoms with E-state index in [9.17, 15) is 9.90 Å². The van der Waals surface area contributed by atoms with Gasteiger partial charge in [-0.1, -0.05) is 61.0 Å². The first-order chi connectivity index (χ1) is 10.1. The van der Waals surface area contributed by atoms with Gasteiger partial charge in [-0.2, -0.15) is 0 Å². The van der Waals surface area contributed by atoms with E-state index in [2.05, 4.69) is 5.32 Å². The van der Waals surface area contributed by atoms with E-state index in [0.717, 1.165) is 5.56 Å². The largest absolute Gasteiger partial charge is 0.480 e. The van der Waals surface area contributed by atoms with Crippen LogP contribution in [0.2, 0.25) is 5.02 Å². The fourth-order valence-corrected chi connectivity index (χ4v) is 2.45. The van der Waals surface area contributed by atoms with Gasteiger partial charge in [0.2, 0.25) is 0 Å². The van der Waals surface area contributed by atoms with Gasteiger partial charge in [0.05, 0.1) is 10.7 Å². The fraction of sp³-hybridized carbons (Fsp3) is 0.235. The van der Waals surface area contributed by atoms with Gasteiger partial charge in [0.1, 0.15) is 6.04 Å². The molecular formula is C17H18ClNO2. The summed E-state index contributed by atoms with van der Waals surface area (Å²) in [6.45, 7) is 2.03. The number of benzene rings is 2. The standard InChI is InChI=1S/C17H18ClNO2/c1-12(13-7-3-2-4-8-13)11-16(17(20)21)19-15-10-6-5-9-14(15)18/h2-10,12,16,19H,11H2,1H3,(H,20,21). The molecule has 0 saturated carbocycles. The summed E-state index contributed by atoms with van der Waals surface area (Å²) >= 11 is 6.07. The zero-order valence-corrected chi connectivity index (χ0v) is 12.5. The predicted octanol–water partition coefficient (Wildman–Crippen LogP) is 4.40. The van der Waals surface area contributed by atoms with E-state index in [1.807, 2.05) is 49.4 Å². The Morgan fingerprint density at radius 3 is 2.38 bits per heavy atom. The summed E-state index contributed by atoms with van der Waals surface area (Å²) in [5.74, 6) is -0.736. The molecule has 4 heteroatoms. The number of carboxylic acid groups (broad SMARTS) is 1. The minimum Gasteiger partial charge on any atom is -0.480 e. The minimum absolute atomic E-state index is 0.141. The molecule has 3 nitrogen and oxygen atoms in total. The van der Waals surface area contributed by atoms with Gasteiger partial charge >= 0.3 is 5.97 Å². The number of hydrogen-bond acceptors (Lipinski definition) is 2. The Kier molecular flexibility index (Phi) is 5.23. The SMILES string of the molecule is CC(CC(Nc1ccccc1Cl)C(=O)O)c1ccccc1. The number of hydrogen-bond donors (Lipinski definition) is 2. The van der Waals surface area contributed by atoms with Crippen LogP contribution >= 0.6 is 11.6 Å². The highest BCUT2D eigenvalue weighted by Crippen LogP contribution is 2.25. The highest BCUT2D eigenvalue weighted by atomic mass is 35.5. The van der Waals surface area contributed by atoms with Gasteiger partial charge < -0.3 is 10.4 Å². The quantitative estimate of drug-likeness (QED) is 0.831. The molecule has 0 amide bonds. The molecular weight excluding hydrogens is 286 g/mol. The van der Waals surface area contributed by atoms with Crippen LogP contribution in [0.1, 0.15) is 24.8 Å². The van der Waals surface area contributed by atoms with E-state index in [-0.39, 0.29) is 5.92 Å². The lowest BCUT2D eigenvalue weighted by Crippen LogP contribution is -2.30. The topological polar surface area (TPSA) is 49.3 Å². The van der Waals surface area contributed by atoms with Crippen molar-refractivity contribution in [2.75, 3.05) is 5.32 Å². The van der Waals surface area contributed by atoms with Crippen LogP contribution in [0, 0.1) is 0 Å². The van der Waals surface area contributed by atoms with Crippen molar-refractivity contribution in [1.29, 1.82) is 0 Å². The lowest BCUT2D eigenvalue weighted by Gasteiger charge is -2.20. The van der Waals surface area contributed by atoms with Crippen molar-refractivity contribution >= 4 is 23.3 Å². The van der Waals surface area contributed by atoms with Gasteiger partial charge in [0.25, 0.3) is 0 Å². The lowest BCUT2D eigenvalue weighted by atomic mass is 9.94. The van der Waals surface area contributed by atoms with Crippen molar-refractivity contribution in [2.45, 2.75) is 25.3 Å².